The molecule has 0 aromatic heterocycles. The lowest BCUT2D eigenvalue weighted by atomic mass is 9.99. The van der Waals surface area contributed by atoms with Gasteiger partial charge in [-0.3, -0.25) is 0 Å². The Morgan fingerprint density at radius 1 is 1.21 bits per heavy atom. The summed E-state index contributed by atoms with van der Waals surface area (Å²) >= 11 is 7.96. The molecule has 3 heteroatoms. The summed E-state index contributed by atoms with van der Waals surface area (Å²) in [5.41, 5.74) is 2.72. The molecule has 0 aliphatic rings. The molecule has 1 aromatic carbocycles. The summed E-state index contributed by atoms with van der Waals surface area (Å²) < 4.78 is -0.447. The minimum absolute atomic E-state index is 0.447. The van der Waals surface area contributed by atoms with E-state index in [1.807, 2.05) is 19.9 Å². The van der Waals surface area contributed by atoms with Crippen LogP contribution in [0, 0.1) is 11.3 Å². The van der Waals surface area contributed by atoms with Crippen LogP contribution in [0.15, 0.2) is 17.0 Å². The third-order valence-electron chi connectivity index (χ3n) is 2.96. The number of nitriles is 1. The van der Waals surface area contributed by atoms with E-state index in [1.165, 1.54) is 11.1 Å². The van der Waals surface area contributed by atoms with Gasteiger partial charge in [-0.15, -0.1) is 11.8 Å². The first-order chi connectivity index (χ1) is 8.95. The molecule has 0 aliphatic heterocycles. The van der Waals surface area contributed by atoms with Crippen molar-refractivity contribution in [2.45, 2.75) is 63.0 Å². The second-order valence-electron chi connectivity index (χ2n) is 5.24. The predicted molar refractivity (Wildman–Crippen MR) is 85.0 cm³/mol. The third kappa shape index (κ3) is 4.44. The van der Waals surface area contributed by atoms with Gasteiger partial charge in [-0.1, -0.05) is 44.4 Å². The van der Waals surface area contributed by atoms with Crippen LogP contribution in [0.25, 0.3) is 0 Å². The minimum Gasteiger partial charge on any atom is -0.197 e. The first-order valence-corrected chi connectivity index (χ1v) is 8.05. The largest absolute Gasteiger partial charge is 0.197 e. The van der Waals surface area contributed by atoms with Crippen LogP contribution in [0.3, 0.4) is 0 Å². The van der Waals surface area contributed by atoms with Gasteiger partial charge in [-0.2, -0.15) is 5.26 Å². The molecule has 1 nitrogen and oxygen atoms in total. The second-order valence-corrected chi connectivity index (χ2v) is 7.28. The molecule has 104 valence electrons. The third-order valence-corrected chi connectivity index (χ3v) is 4.65. The van der Waals surface area contributed by atoms with E-state index in [1.54, 1.807) is 11.8 Å². The fourth-order valence-corrected chi connectivity index (χ4v) is 3.43. The number of hydrogen-bond acceptors (Lipinski definition) is 2. The van der Waals surface area contributed by atoms with E-state index in [2.05, 4.69) is 26.0 Å². The topological polar surface area (TPSA) is 23.8 Å². The summed E-state index contributed by atoms with van der Waals surface area (Å²) in [5.74, 6) is 0. The van der Waals surface area contributed by atoms with E-state index in [0.717, 1.165) is 35.6 Å². The molecule has 19 heavy (non-hydrogen) atoms. The molecule has 0 radical (unpaired) electrons. The van der Waals surface area contributed by atoms with Crippen LogP contribution in [0.5, 0.6) is 0 Å². The Morgan fingerprint density at radius 3 is 2.37 bits per heavy atom. The average Bonchev–Trinajstić information content (AvgIpc) is 2.37. The highest BCUT2D eigenvalue weighted by atomic mass is 35.5. The average molecular weight is 296 g/mol. The Labute approximate surface area is 126 Å². The van der Waals surface area contributed by atoms with Crippen molar-refractivity contribution in [3.63, 3.8) is 0 Å². The van der Waals surface area contributed by atoms with Crippen molar-refractivity contribution in [1.29, 1.82) is 5.26 Å². The molecule has 0 unspecified atom stereocenters. The maximum absolute atomic E-state index is 9.23. The van der Waals surface area contributed by atoms with E-state index < -0.39 is 4.75 Å². The van der Waals surface area contributed by atoms with Gasteiger partial charge in [0.25, 0.3) is 0 Å². The smallest absolute Gasteiger partial charge is 0.101 e. The van der Waals surface area contributed by atoms with E-state index in [-0.39, 0.29) is 0 Å². The minimum atomic E-state index is -0.447. The molecule has 0 aliphatic carbocycles. The van der Waals surface area contributed by atoms with E-state index in [0.29, 0.717) is 0 Å². The van der Waals surface area contributed by atoms with Gasteiger partial charge in [0, 0.05) is 4.90 Å². The molecule has 0 spiro atoms. The molecule has 0 atom stereocenters. The zero-order valence-electron chi connectivity index (χ0n) is 12.2. The van der Waals surface area contributed by atoms with Gasteiger partial charge < -0.3 is 0 Å². The highest BCUT2D eigenvalue weighted by Gasteiger charge is 2.23. The predicted octanol–water partition coefficient (Wildman–Crippen LogP) is 5.64. The first kappa shape index (κ1) is 16.4. The number of thioether (sulfide) groups is 1. The standard InChI is InChI=1S/C16H22ClNS/c1-5-7-12-9-10-14(17)15(13(12)8-6-2)19-16(3,4)11-18/h9-10H,5-8H2,1-4H3. The first-order valence-electron chi connectivity index (χ1n) is 6.85. The summed E-state index contributed by atoms with van der Waals surface area (Å²) in [7, 11) is 0. The van der Waals surface area contributed by atoms with Gasteiger partial charge in [0.05, 0.1) is 11.1 Å². The van der Waals surface area contributed by atoms with E-state index in [9.17, 15) is 5.26 Å². The number of aryl methyl sites for hydroxylation is 1. The van der Waals surface area contributed by atoms with Crippen LogP contribution in [0.4, 0.5) is 0 Å². The maximum Gasteiger partial charge on any atom is 0.101 e. The normalized spacial score (nSPS) is 11.4. The summed E-state index contributed by atoms with van der Waals surface area (Å²) in [5, 5.41) is 10.0. The van der Waals surface area contributed by atoms with Crippen molar-refractivity contribution in [3.8, 4) is 6.07 Å². The number of nitrogens with zero attached hydrogens (tertiary/aromatic N) is 1. The number of rotatable bonds is 6. The molecule has 0 amide bonds. The van der Waals surface area contributed by atoms with Crippen LogP contribution in [0.2, 0.25) is 5.02 Å². The van der Waals surface area contributed by atoms with Crippen LogP contribution in [-0.2, 0) is 12.8 Å². The van der Waals surface area contributed by atoms with Crippen molar-refractivity contribution < 1.29 is 0 Å². The lowest BCUT2D eigenvalue weighted by Gasteiger charge is -2.21. The second kappa shape index (κ2) is 7.22. The molecule has 1 rings (SSSR count). The number of halogens is 1. The molecule has 0 fully saturated rings. The Kier molecular flexibility index (Phi) is 6.23. The molecule has 0 bridgehead atoms. The van der Waals surface area contributed by atoms with Crippen molar-refractivity contribution in [1.82, 2.24) is 0 Å². The monoisotopic (exact) mass is 295 g/mol. The van der Waals surface area contributed by atoms with Gasteiger partial charge in [-0.05, 0) is 43.9 Å². The molecular weight excluding hydrogens is 274 g/mol. The number of benzene rings is 1. The van der Waals surface area contributed by atoms with E-state index >= 15 is 0 Å². The summed E-state index contributed by atoms with van der Waals surface area (Å²) in [6.07, 6.45) is 4.33. The molecule has 0 N–H and O–H groups in total. The van der Waals surface area contributed by atoms with Crippen molar-refractivity contribution >= 4 is 23.4 Å². The summed E-state index contributed by atoms with van der Waals surface area (Å²) in [4.78, 5) is 1.10. The van der Waals surface area contributed by atoms with Crippen LogP contribution in [-0.4, -0.2) is 4.75 Å². The molecule has 0 heterocycles. The quantitative estimate of drug-likeness (QED) is 0.634. The van der Waals surface area contributed by atoms with Crippen LogP contribution in [0.1, 0.15) is 51.7 Å². The lowest BCUT2D eigenvalue weighted by Crippen LogP contribution is -2.11. The highest BCUT2D eigenvalue weighted by Crippen LogP contribution is 2.40. The van der Waals surface area contributed by atoms with E-state index in [4.69, 9.17) is 11.6 Å². The van der Waals surface area contributed by atoms with Gasteiger partial charge >= 0.3 is 0 Å². The van der Waals surface area contributed by atoms with Crippen LogP contribution >= 0.6 is 23.4 Å². The molecule has 0 saturated carbocycles. The molecule has 0 saturated heterocycles. The fraction of sp³-hybridized carbons (Fsp3) is 0.562. The van der Waals surface area contributed by atoms with Crippen molar-refractivity contribution in [2.75, 3.05) is 0 Å². The summed E-state index contributed by atoms with van der Waals surface area (Å²) in [6, 6.07) is 6.45. The van der Waals surface area contributed by atoms with Crippen molar-refractivity contribution in [3.05, 3.63) is 28.3 Å². The zero-order chi connectivity index (χ0) is 14.5. The Hall–Kier alpha value is -0.650. The van der Waals surface area contributed by atoms with Crippen molar-refractivity contribution in [2.24, 2.45) is 0 Å². The lowest BCUT2D eigenvalue weighted by molar-refractivity contribution is 0.839. The number of hydrogen-bond donors (Lipinski definition) is 0. The Morgan fingerprint density at radius 2 is 1.84 bits per heavy atom. The maximum atomic E-state index is 9.23. The van der Waals surface area contributed by atoms with Gasteiger partial charge in [0.15, 0.2) is 0 Å². The van der Waals surface area contributed by atoms with Gasteiger partial charge in [0.1, 0.15) is 4.75 Å². The SMILES string of the molecule is CCCc1ccc(Cl)c(SC(C)(C)C#N)c1CCC. The summed E-state index contributed by atoms with van der Waals surface area (Å²) in [6.45, 7) is 8.25. The molecule has 1 aromatic rings. The van der Waals surface area contributed by atoms with Gasteiger partial charge in [-0.25, -0.2) is 0 Å². The fourth-order valence-electron chi connectivity index (χ4n) is 2.06. The van der Waals surface area contributed by atoms with Gasteiger partial charge in [0.2, 0.25) is 0 Å². The van der Waals surface area contributed by atoms with Crippen LogP contribution < -0.4 is 0 Å². The highest BCUT2D eigenvalue weighted by molar-refractivity contribution is 8.01. The zero-order valence-corrected chi connectivity index (χ0v) is 13.8. The Bertz CT molecular complexity index is 474. The Balaban J connectivity index is 3.26. The molecular formula is C16H22ClNS.